The van der Waals surface area contributed by atoms with Crippen molar-refractivity contribution in [1.82, 2.24) is 19.5 Å². The van der Waals surface area contributed by atoms with Crippen LogP contribution in [-0.4, -0.2) is 76.8 Å². The molecule has 4 aromatic rings. The predicted octanol–water partition coefficient (Wildman–Crippen LogP) is 4.86. The maximum absolute atomic E-state index is 15.6. The Morgan fingerprint density at radius 2 is 1.87 bits per heavy atom. The van der Waals surface area contributed by atoms with E-state index in [0.717, 1.165) is 22.9 Å². The molecule has 2 aliphatic heterocycles. The molecule has 0 N–H and O–H groups in total. The Hall–Kier alpha value is -4.63. The number of sulfonamides is 1. The second-order valence-corrected chi connectivity index (χ2v) is 13.8. The molecule has 13 nitrogen and oxygen atoms in total. The van der Waals surface area contributed by atoms with Crippen LogP contribution in [0.15, 0.2) is 65.8 Å². The fourth-order valence-corrected chi connectivity index (χ4v) is 7.45. The zero-order valence-electron chi connectivity index (χ0n) is 25.0. The monoisotopic (exact) mass is 637 g/mol. The molecule has 1 saturated heterocycles. The second kappa shape index (κ2) is 11.4. The van der Waals surface area contributed by atoms with Crippen molar-refractivity contribution in [2.75, 3.05) is 35.4 Å². The minimum atomic E-state index is -4.51. The molecule has 0 unspecified atom stereocenters. The first kappa shape index (κ1) is 30.4. The fraction of sp³-hybridized carbons (Fsp3) is 0.367. The van der Waals surface area contributed by atoms with Gasteiger partial charge < -0.3 is 4.74 Å². The third-order valence-electron chi connectivity index (χ3n) is 7.89. The van der Waals surface area contributed by atoms with Crippen molar-refractivity contribution in [3.05, 3.63) is 76.9 Å². The molecule has 45 heavy (non-hydrogen) atoms. The van der Waals surface area contributed by atoms with Crippen molar-refractivity contribution in [2.24, 2.45) is 0 Å². The molecule has 1 fully saturated rings. The summed E-state index contributed by atoms with van der Waals surface area (Å²) in [6, 6.07) is 10.4. The lowest BCUT2D eigenvalue weighted by Crippen LogP contribution is -2.47. The summed E-state index contributed by atoms with van der Waals surface area (Å²) in [6.45, 7) is 6.42. The van der Waals surface area contributed by atoms with Crippen molar-refractivity contribution in [1.29, 1.82) is 0 Å². The number of anilines is 2. The standard InChI is InChI=1S/C30H32FN7O6S/c1-30(2,3)44-29(39)35-16-15-34-13-6-7-21(34)19-37(45(42,43)26-9-5-4-8-25(26)38(40)41)20-10-11-24(31)22(17-20)23-18-32-36-14-12-27(35)33-28(23)36/h4-5,8-12,14,17-18,21H,6-7,13,15-16,19H2,1-3H3/t21-/m1/s1. The van der Waals surface area contributed by atoms with E-state index < -0.39 is 43.0 Å². The lowest BCUT2D eigenvalue weighted by Gasteiger charge is -2.33. The first-order chi connectivity index (χ1) is 21.3. The van der Waals surface area contributed by atoms with Crippen molar-refractivity contribution >= 4 is 39.0 Å². The first-order valence-electron chi connectivity index (χ1n) is 14.5. The third-order valence-corrected chi connectivity index (χ3v) is 9.73. The fourth-order valence-electron chi connectivity index (χ4n) is 5.79. The van der Waals surface area contributed by atoms with Crippen LogP contribution in [0.5, 0.6) is 0 Å². The van der Waals surface area contributed by atoms with Gasteiger partial charge in [-0.1, -0.05) is 12.1 Å². The van der Waals surface area contributed by atoms with Gasteiger partial charge in [-0.15, -0.1) is 0 Å². The number of hydrogen-bond acceptors (Lipinski definition) is 9. The molecule has 2 aromatic heterocycles. The molecule has 1 amide bonds. The molecular formula is C30H32FN7O6S. The first-order valence-corrected chi connectivity index (χ1v) is 15.9. The number of fused-ring (bicyclic) bond motifs is 5. The molecule has 6 rings (SSSR count). The lowest BCUT2D eigenvalue weighted by atomic mass is 10.1. The third kappa shape index (κ3) is 5.80. The van der Waals surface area contributed by atoms with E-state index in [4.69, 9.17) is 9.72 Å². The number of amides is 1. The predicted molar refractivity (Wildman–Crippen MR) is 164 cm³/mol. The van der Waals surface area contributed by atoms with Crippen LogP contribution >= 0.6 is 0 Å². The van der Waals surface area contributed by atoms with E-state index >= 15 is 4.39 Å². The van der Waals surface area contributed by atoms with Gasteiger partial charge in [0.2, 0.25) is 0 Å². The Bertz CT molecular complexity index is 1910. The Morgan fingerprint density at radius 1 is 1.09 bits per heavy atom. The number of ether oxygens (including phenoxy) is 1. The van der Waals surface area contributed by atoms with Gasteiger partial charge in [-0.05, 0) is 70.5 Å². The Labute approximate surface area is 259 Å². The van der Waals surface area contributed by atoms with E-state index in [1.807, 2.05) is 0 Å². The highest BCUT2D eigenvalue weighted by Gasteiger charge is 2.37. The van der Waals surface area contributed by atoms with Gasteiger partial charge in [0.05, 0.1) is 16.8 Å². The molecule has 0 spiro atoms. The van der Waals surface area contributed by atoms with E-state index in [-0.39, 0.29) is 41.6 Å². The van der Waals surface area contributed by atoms with Gasteiger partial charge in [0.25, 0.3) is 15.7 Å². The van der Waals surface area contributed by atoms with Gasteiger partial charge in [-0.2, -0.15) is 5.10 Å². The highest BCUT2D eigenvalue weighted by atomic mass is 32.2. The van der Waals surface area contributed by atoms with Crippen molar-refractivity contribution in [2.45, 2.75) is 50.2 Å². The number of para-hydroxylation sites is 1. The number of carbonyl (C=O) groups excluding carboxylic acids is 1. The number of rotatable bonds is 3. The minimum absolute atomic E-state index is 0.0269. The molecule has 2 aliphatic rings. The smallest absolute Gasteiger partial charge is 0.416 e. The minimum Gasteiger partial charge on any atom is -0.443 e. The zero-order chi connectivity index (χ0) is 32.1. The largest absolute Gasteiger partial charge is 0.443 e. The van der Waals surface area contributed by atoms with Crippen molar-refractivity contribution < 1.29 is 27.3 Å². The maximum Gasteiger partial charge on any atom is 0.416 e. The summed E-state index contributed by atoms with van der Waals surface area (Å²) in [7, 11) is -4.51. The molecule has 15 heteroatoms. The van der Waals surface area contributed by atoms with Crippen LogP contribution in [0.1, 0.15) is 33.6 Å². The quantitative estimate of drug-likeness (QED) is 0.227. The molecule has 4 heterocycles. The van der Waals surface area contributed by atoms with E-state index in [0.29, 0.717) is 25.3 Å². The van der Waals surface area contributed by atoms with Gasteiger partial charge in [0.1, 0.15) is 17.2 Å². The normalized spacial score (nSPS) is 17.7. The Balaban J connectivity index is 1.55. The van der Waals surface area contributed by atoms with Crippen LogP contribution in [-0.2, 0) is 14.8 Å². The van der Waals surface area contributed by atoms with Crippen LogP contribution < -0.4 is 9.21 Å². The number of benzene rings is 2. The van der Waals surface area contributed by atoms with Gasteiger partial charge in [0, 0.05) is 49.1 Å². The molecule has 236 valence electrons. The van der Waals surface area contributed by atoms with Crippen LogP contribution in [0.25, 0.3) is 16.8 Å². The SMILES string of the molecule is CC(C)(C)OC(=O)N1CCN2CCC[C@@H]2CN(S(=O)(=O)c2ccccc2[N+](=O)[O-])c2ccc(F)c(c2)-c2cnn3ccc1nc23. The maximum atomic E-state index is 15.6. The molecule has 0 saturated carbocycles. The summed E-state index contributed by atoms with van der Waals surface area (Å²) in [5.74, 6) is -0.356. The molecule has 0 radical (unpaired) electrons. The number of halogens is 1. The van der Waals surface area contributed by atoms with Crippen molar-refractivity contribution in [3.8, 4) is 11.1 Å². The Morgan fingerprint density at radius 3 is 2.62 bits per heavy atom. The number of aromatic nitrogens is 3. The number of carbonyl (C=O) groups is 1. The van der Waals surface area contributed by atoms with E-state index in [9.17, 15) is 23.3 Å². The van der Waals surface area contributed by atoms with E-state index in [1.54, 1.807) is 33.0 Å². The average Bonchev–Trinajstić information content (AvgIpc) is 3.61. The number of nitro groups is 1. The van der Waals surface area contributed by atoms with Crippen molar-refractivity contribution in [3.63, 3.8) is 0 Å². The van der Waals surface area contributed by atoms with Crippen LogP contribution in [0.3, 0.4) is 0 Å². The highest BCUT2D eigenvalue weighted by Crippen LogP contribution is 2.36. The van der Waals surface area contributed by atoms with Gasteiger partial charge in [0.15, 0.2) is 10.5 Å². The number of nitro benzene ring substituents is 1. The summed E-state index contributed by atoms with van der Waals surface area (Å²) < 4.78 is 52.4. The number of nitrogens with zero attached hydrogens (tertiary/aromatic N) is 7. The summed E-state index contributed by atoms with van der Waals surface area (Å²) in [5.41, 5.74) is -0.672. The number of hydrogen-bond donors (Lipinski definition) is 0. The molecular weight excluding hydrogens is 605 g/mol. The van der Waals surface area contributed by atoms with Gasteiger partial charge in [-0.25, -0.2) is 27.1 Å². The second-order valence-electron chi connectivity index (χ2n) is 12.0. The summed E-state index contributed by atoms with van der Waals surface area (Å²) in [4.78, 5) is 32.3. The lowest BCUT2D eigenvalue weighted by molar-refractivity contribution is -0.387. The molecule has 4 bridgehead atoms. The summed E-state index contributed by atoms with van der Waals surface area (Å²) in [6.07, 6.45) is 3.82. The summed E-state index contributed by atoms with van der Waals surface area (Å²) in [5, 5.41) is 16.2. The molecule has 1 atom stereocenters. The van der Waals surface area contributed by atoms with Crippen LogP contribution in [0, 0.1) is 15.9 Å². The van der Waals surface area contributed by atoms with Crippen LogP contribution in [0.4, 0.5) is 26.4 Å². The van der Waals surface area contributed by atoms with E-state index in [2.05, 4.69) is 10.00 Å². The van der Waals surface area contributed by atoms with Gasteiger partial charge in [-0.3, -0.25) is 24.2 Å². The summed E-state index contributed by atoms with van der Waals surface area (Å²) >= 11 is 0. The average molecular weight is 638 g/mol. The van der Waals surface area contributed by atoms with Gasteiger partial charge >= 0.3 is 6.09 Å². The highest BCUT2D eigenvalue weighted by molar-refractivity contribution is 7.93. The Kier molecular flexibility index (Phi) is 7.69. The molecule has 2 aromatic carbocycles. The topological polar surface area (TPSA) is 143 Å². The zero-order valence-corrected chi connectivity index (χ0v) is 25.8. The van der Waals surface area contributed by atoms with Crippen LogP contribution in [0.2, 0.25) is 0 Å². The van der Waals surface area contributed by atoms with E-state index in [1.165, 1.54) is 45.9 Å². The molecule has 0 aliphatic carbocycles.